The van der Waals surface area contributed by atoms with E-state index in [-0.39, 0.29) is 6.04 Å². The van der Waals surface area contributed by atoms with Crippen molar-refractivity contribution in [1.82, 2.24) is 4.98 Å². The third-order valence-electron chi connectivity index (χ3n) is 3.10. The van der Waals surface area contributed by atoms with Crippen LogP contribution in [0.25, 0.3) is 0 Å². The van der Waals surface area contributed by atoms with Gasteiger partial charge in [-0.3, -0.25) is 0 Å². The average Bonchev–Trinajstić information content (AvgIpc) is 2.87. The van der Waals surface area contributed by atoms with Crippen LogP contribution in [0.4, 0.5) is 5.69 Å². The Morgan fingerprint density at radius 2 is 2.25 bits per heavy atom. The van der Waals surface area contributed by atoms with Crippen LogP contribution in [0, 0.1) is 6.92 Å². The van der Waals surface area contributed by atoms with Gasteiger partial charge in [-0.15, -0.1) is 11.3 Å². The van der Waals surface area contributed by atoms with Crippen molar-refractivity contribution in [3.05, 3.63) is 45.4 Å². The second-order valence-corrected chi connectivity index (χ2v) is 6.38. The van der Waals surface area contributed by atoms with E-state index in [0.29, 0.717) is 4.99 Å². The molecule has 3 nitrogen and oxygen atoms in total. The number of thiazole rings is 1. The van der Waals surface area contributed by atoms with Crippen LogP contribution in [0.1, 0.15) is 40.9 Å². The molecule has 0 aliphatic rings. The predicted molar refractivity (Wildman–Crippen MR) is 90.6 cm³/mol. The van der Waals surface area contributed by atoms with Crippen molar-refractivity contribution in [3.8, 4) is 0 Å². The molecule has 1 atom stereocenters. The van der Waals surface area contributed by atoms with Crippen LogP contribution in [-0.4, -0.2) is 9.97 Å². The Labute approximate surface area is 129 Å². The molecule has 0 aliphatic carbocycles. The maximum absolute atomic E-state index is 5.78. The first-order valence-electron chi connectivity index (χ1n) is 6.62. The Hall–Kier alpha value is -1.46. The van der Waals surface area contributed by atoms with Crippen molar-refractivity contribution >= 4 is 34.2 Å². The third kappa shape index (κ3) is 3.35. The standard InChI is InChI=1S/C15H19N3S2/c1-4-11-8-17-15(20-11)10(3)18-13-7-9(2)5-6-12(13)14(16)19/h5-8,10,18H,4H2,1-3H3,(H2,16,19). The summed E-state index contributed by atoms with van der Waals surface area (Å²) in [4.78, 5) is 6.18. The number of thiocarbonyl (C=S) groups is 1. The molecule has 2 aromatic rings. The van der Waals surface area contributed by atoms with Crippen molar-refractivity contribution in [2.45, 2.75) is 33.2 Å². The van der Waals surface area contributed by atoms with E-state index in [9.17, 15) is 0 Å². The molecule has 0 aliphatic heterocycles. The van der Waals surface area contributed by atoms with Crippen molar-refractivity contribution in [2.75, 3.05) is 5.32 Å². The molecule has 1 unspecified atom stereocenters. The molecule has 1 heterocycles. The molecule has 0 saturated heterocycles. The highest BCUT2D eigenvalue weighted by molar-refractivity contribution is 7.80. The van der Waals surface area contributed by atoms with Gasteiger partial charge in [0.25, 0.3) is 0 Å². The molecule has 0 radical (unpaired) electrons. The van der Waals surface area contributed by atoms with E-state index in [1.807, 2.05) is 18.3 Å². The van der Waals surface area contributed by atoms with Gasteiger partial charge in [0, 0.05) is 22.3 Å². The van der Waals surface area contributed by atoms with Gasteiger partial charge in [0.05, 0.1) is 6.04 Å². The Morgan fingerprint density at radius 1 is 1.50 bits per heavy atom. The van der Waals surface area contributed by atoms with Gasteiger partial charge in [0.2, 0.25) is 0 Å². The van der Waals surface area contributed by atoms with Gasteiger partial charge in [-0.2, -0.15) is 0 Å². The van der Waals surface area contributed by atoms with Crippen molar-refractivity contribution in [2.24, 2.45) is 5.73 Å². The molecule has 0 fully saturated rings. The predicted octanol–water partition coefficient (Wildman–Crippen LogP) is 3.82. The van der Waals surface area contributed by atoms with Gasteiger partial charge < -0.3 is 11.1 Å². The molecule has 2 rings (SSSR count). The molecule has 106 valence electrons. The van der Waals surface area contributed by atoms with Crippen LogP contribution >= 0.6 is 23.6 Å². The minimum absolute atomic E-state index is 0.134. The summed E-state index contributed by atoms with van der Waals surface area (Å²) in [6, 6.07) is 6.18. The van der Waals surface area contributed by atoms with E-state index in [2.05, 4.69) is 37.1 Å². The number of hydrogen-bond acceptors (Lipinski definition) is 4. The quantitative estimate of drug-likeness (QED) is 0.825. The van der Waals surface area contributed by atoms with Crippen molar-refractivity contribution < 1.29 is 0 Å². The van der Waals surface area contributed by atoms with Gasteiger partial charge in [0.1, 0.15) is 10.00 Å². The minimum Gasteiger partial charge on any atom is -0.389 e. The molecule has 20 heavy (non-hydrogen) atoms. The molecule has 5 heteroatoms. The summed E-state index contributed by atoms with van der Waals surface area (Å²) in [7, 11) is 0. The Bertz CT molecular complexity index is 619. The third-order valence-corrected chi connectivity index (χ3v) is 4.65. The van der Waals surface area contributed by atoms with Crippen LogP contribution in [-0.2, 0) is 6.42 Å². The Kier molecular flexibility index (Phi) is 4.73. The maximum atomic E-state index is 5.78. The van der Waals surface area contributed by atoms with Crippen LogP contribution in [0.15, 0.2) is 24.4 Å². The molecule has 0 saturated carbocycles. The fraction of sp³-hybridized carbons (Fsp3) is 0.333. The highest BCUT2D eigenvalue weighted by Gasteiger charge is 2.13. The second kappa shape index (κ2) is 6.33. The summed E-state index contributed by atoms with van der Waals surface area (Å²) in [6.45, 7) is 6.29. The average molecular weight is 305 g/mol. The van der Waals surface area contributed by atoms with Gasteiger partial charge in [-0.1, -0.05) is 25.2 Å². The highest BCUT2D eigenvalue weighted by Crippen LogP contribution is 2.26. The molecule has 0 bridgehead atoms. The monoisotopic (exact) mass is 305 g/mol. The number of anilines is 1. The lowest BCUT2D eigenvalue weighted by atomic mass is 10.1. The van der Waals surface area contributed by atoms with E-state index in [1.165, 1.54) is 10.4 Å². The van der Waals surface area contributed by atoms with Crippen LogP contribution in [0.5, 0.6) is 0 Å². The molecule has 0 amide bonds. The van der Waals surface area contributed by atoms with E-state index in [0.717, 1.165) is 22.7 Å². The smallest absolute Gasteiger partial charge is 0.115 e. The number of nitrogens with one attached hydrogen (secondary N) is 1. The first-order chi connectivity index (χ1) is 9.51. The SMILES string of the molecule is CCc1cnc(C(C)Nc2cc(C)ccc2C(N)=S)s1. The molecule has 1 aromatic heterocycles. The summed E-state index contributed by atoms with van der Waals surface area (Å²) < 4.78 is 0. The lowest BCUT2D eigenvalue weighted by Gasteiger charge is -2.16. The topological polar surface area (TPSA) is 50.9 Å². The summed E-state index contributed by atoms with van der Waals surface area (Å²) >= 11 is 6.85. The number of aromatic nitrogens is 1. The van der Waals surface area contributed by atoms with Crippen LogP contribution in [0.3, 0.4) is 0 Å². The first-order valence-corrected chi connectivity index (χ1v) is 7.85. The zero-order valence-corrected chi connectivity index (χ0v) is 13.6. The fourth-order valence-corrected chi connectivity index (χ4v) is 3.01. The number of nitrogens with two attached hydrogens (primary N) is 1. The van der Waals surface area contributed by atoms with E-state index < -0.39 is 0 Å². The van der Waals surface area contributed by atoms with Crippen molar-refractivity contribution in [3.63, 3.8) is 0 Å². The summed E-state index contributed by atoms with van der Waals surface area (Å²) in [5.41, 5.74) is 8.81. The second-order valence-electron chi connectivity index (χ2n) is 4.80. The Balaban J connectivity index is 2.24. The highest BCUT2D eigenvalue weighted by atomic mass is 32.1. The summed E-state index contributed by atoms with van der Waals surface area (Å²) in [6.07, 6.45) is 2.97. The van der Waals surface area contributed by atoms with Crippen LogP contribution < -0.4 is 11.1 Å². The lowest BCUT2D eigenvalue weighted by Crippen LogP contribution is -2.15. The first kappa shape index (κ1) is 14.9. The largest absolute Gasteiger partial charge is 0.389 e. The molecular weight excluding hydrogens is 286 g/mol. The molecular formula is C15H19N3S2. The lowest BCUT2D eigenvalue weighted by molar-refractivity contribution is 0.869. The van der Waals surface area contributed by atoms with E-state index in [1.54, 1.807) is 11.3 Å². The van der Waals surface area contributed by atoms with Gasteiger partial charge in [0.15, 0.2) is 0 Å². The van der Waals surface area contributed by atoms with Gasteiger partial charge >= 0.3 is 0 Å². The minimum atomic E-state index is 0.134. The van der Waals surface area contributed by atoms with E-state index >= 15 is 0 Å². The Morgan fingerprint density at radius 3 is 2.85 bits per heavy atom. The maximum Gasteiger partial charge on any atom is 0.115 e. The molecule has 1 aromatic carbocycles. The zero-order chi connectivity index (χ0) is 14.7. The van der Waals surface area contributed by atoms with Crippen molar-refractivity contribution in [1.29, 1.82) is 0 Å². The van der Waals surface area contributed by atoms with Crippen LogP contribution in [0.2, 0.25) is 0 Å². The molecule has 0 spiro atoms. The molecule has 3 N–H and O–H groups in total. The van der Waals surface area contributed by atoms with Gasteiger partial charge in [-0.25, -0.2) is 4.98 Å². The normalized spacial score (nSPS) is 12.2. The number of benzene rings is 1. The zero-order valence-electron chi connectivity index (χ0n) is 11.9. The summed E-state index contributed by atoms with van der Waals surface area (Å²) in [5, 5.41) is 4.55. The number of hydrogen-bond donors (Lipinski definition) is 2. The number of aryl methyl sites for hydroxylation is 2. The number of rotatable bonds is 5. The van der Waals surface area contributed by atoms with Gasteiger partial charge in [-0.05, 0) is 38.0 Å². The summed E-state index contributed by atoms with van der Waals surface area (Å²) in [5.74, 6) is 0. The fourth-order valence-electron chi connectivity index (χ4n) is 1.97. The van der Waals surface area contributed by atoms with E-state index in [4.69, 9.17) is 18.0 Å². The number of nitrogens with zero attached hydrogens (tertiary/aromatic N) is 1.